The fraction of sp³-hybridized carbons (Fsp3) is 0.250. The maximum atomic E-state index is 4.98. The zero-order valence-corrected chi connectivity index (χ0v) is 15.3. The van der Waals surface area contributed by atoms with E-state index in [1.165, 1.54) is 29.5 Å². The second-order valence-electron chi connectivity index (χ2n) is 6.32. The standard InChI is InChI=1S/C20H20BrN3/c1-14-5-4-6-17(13-14)24-20-18(7-2-3-12-22-20)19(23-24)15-8-10-16(21)11-9-15/h4-6,8-11,13,22H,2-3,7,12H2,1H3. The molecule has 0 saturated heterocycles. The third-order valence-corrected chi connectivity index (χ3v) is 5.02. The molecule has 3 nitrogen and oxygen atoms in total. The Labute approximate surface area is 150 Å². The minimum Gasteiger partial charge on any atom is -0.370 e. The fourth-order valence-corrected chi connectivity index (χ4v) is 3.55. The van der Waals surface area contributed by atoms with Gasteiger partial charge in [-0.3, -0.25) is 0 Å². The van der Waals surface area contributed by atoms with Gasteiger partial charge in [0.1, 0.15) is 5.82 Å². The first kappa shape index (κ1) is 15.5. The maximum Gasteiger partial charge on any atom is 0.133 e. The van der Waals surface area contributed by atoms with E-state index in [-0.39, 0.29) is 0 Å². The van der Waals surface area contributed by atoms with E-state index < -0.39 is 0 Å². The third-order valence-electron chi connectivity index (χ3n) is 4.49. The molecule has 2 heterocycles. The van der Waals surface area contributed by atoms with Gasteiger partial charge in [0.15, 0.2) is 0 Å². The topological polar surface area (TPSA) is 29.9 Å². The number of nitrogens with zero attached hydrogens (tertiary/aromatic N) is 2. The first-order chi connectivity index (χ1) is 11.7. The Morgan fingerprint density at radius 3 is 2.71 bits per heavy atom. The summed E-state index contributed by atoms with van der Waals surface area (Å²) in [4.78, 5) is 0. The summed E-state index contributed by atoms with van der Waals surface area (Å²) in [6, 6.07) is 17.0. The van der Waals surface area contributed by atoms with Crippen molar-refractivity contribution in [3.05, 3.63) is 64.1 Å². The van der Waals surface area contributed by atoms with Crippen LogP contribution in [0.1, 0.15) is 24.0 Å². The highest BCUT2D eigenvalue weighted by atomic mass is 79.9. The van der Waals surface area contributed by atoms with Gasteiger partial charge in [0.25, 0.3) is 0 Å². The number of nitrogens with one attached hydrogen (secondary N) is 1. The fourth-order valence-electron chi connectivity index (χ4n) is 3.29. The smallest absolute Gasteiger partial charge is 0.133 e. The first-order valence-electron chi connectivity index (χ1n) is 8.41. The van der Waals surface area contributed by atoms with Crippen LogP contribution in [0, 0.1) is 6.92 Å². The van der Waals surface area contributed by atoms with Crippen LogP contribution >= 0.6 is 15.9 Å². The minimum atomic E-state index is 1.00. The quantitative estimate of drug-likeness (QED) is 0.647. The van der Waals surface area contributed by atoms with E-state index in [1.54, 1.807) is 0 Å². The molecule has 0 amide bonds. The molecule has 1 aliphatic rings. The van der Waals surface area contributed by atoms with Gasteiger partial charge in [-0.1, -0.05) is 40.2 Å². The number of benzene rings is 2. The minimum absolute atomic E-state index is 1.00. The van der Waals surface area contributed by atoms with Gasteiger partial charge in [-0.05, 0) is 56.0 Å². The van der Waals surface area contributed by atoms with E-state index in [9.17, 15) is 0 Å². The van der Waals surface area contributed by atoms with Crippen LogP contribution in [0.3, 0.4) is 0 Å². The highest BCUT2D eigenvalue weighted by molar-refractivity contribution is 9.10. The molecule has 0 fully saturated rings. The lowest BCUT2D eigenvalue weighted by Crippen LogP contribution is -2.07. The van der Waals surface area contributed by atoms with Gasteiger partial charge in [0.05, 0.1) is 11.4 Å². The molecule has 0 spiro atoms. The van der Waals surface area contributed by atoms with Gasteiger partial charge in [-0.15, -0.1) is 0 Å². The molecule has 0 aliphatic carbocycles. The summed E-state index contributed by atoms with van der Waals surface area (Å²) in [7, 11) is 0. The van der Waals surface area contributed by atoms with Gasteiger partial charge in [0.2, 0.25) is 0 Å². The molecule has 0 bridgehead atoms. The summed E-state index contributed by atoms with van der Waals surface area (Å²) >= 11 is 3.52. The predicted octanol–water partition coefficient (Wildman–Crippen LogP) is 5.36. The molecular weight excluding hydrogens is 362 g/mol. The molecule has 4 heteroatoms. The number of hydrogen-bond donors (Lipinski definition) is 1. The Balaban J connectivity index is 1.90. The number of aromatic nitrogens is 2. The largest absolute Gasteiger partial charge is 0.370 e. The molecular formula is C20H20BrN3. The van der Waals surface area contributed by atoms with Gasteiger partial charge >= 0.3 is 0 Å². The van der Waals surface area contributed by atoms with Crippen LogP contribution in [0.5, 0.6) is 0 Å². The molecule has 0 radical (unpaired) electrons. The van der Waals surface area contributed by atoms with Crippen LogP contribution in [0.15, 0.2) is 53.0 Å². The summed E-state index contributed by atoms with van der Waals surface area (Å²) in [6.45, 7) is 3.12. The molecule has 2 aromatic carbocycles. The predicted molar refractivity (Wildman–Crippen MR) is 103 cm³/mol. The molecule has 0 unspecified atom stereocenters. The summed E-state index contributed by atoms with van der Waals surface area (Å²) in [5.41, 5.74) is 5.95. The van der Waals surface area contributed by atoms with Gasteiger partial charge < -0.3 is 5.32 Å². The van der Waals surface area contributed by atoms with E-state index in [0.717, 1.165) is 34.6 Å². The monoisotopic (exact) mass is 381 g/mol. The molecule has 1 aliphatic heterocycles. The second-order valence-corrected chi connectivity index (χ2v) is 7.23. The Morgan fingerprint density at radius 1 is 1.08 bits per heavy atom. The van der Waals surface area contributed by atoms with Gasteiger partial charge in [-0.2, -0.15) is 5.10 Å². The Kier molecular flexibility index (Phi) is 4.15. The average molecular weight is 382 g/mol. The van der Waals surface area contributed by atoms with Crippen LogP contribution < -0.4 is 5.32 Å². The van der Waals surface area contributed by atoms with Crippen molar-refractivity contribution in [1.29, 1.82) is 0 Å². The van der Waals surface area contributed by atoms with E-state index >= 15 is 0 Å². The zero-order valence-electron chi connectivity index (χ0n) is 13.7. The Morgan fingerprint density at radius 2 is 1.92 bits per heavy atom. The molecule has 0 atom stereocenters. The number of anilines is 1. The van der Waals surface area contributed by atoms with Crippen LogP contribution in [-0.4, -0.2) is 16.3 Å². The molecule has 0 saturated carbocycles. The van der Waals surface area contributed by atoms with Gasteiger partial charge in [-0.25, -0.2) is 4.68 Å². The third kappa shape index (κ3) is 2.86. The molecule has 4 rings (SSSR count). The Bertz CT molecular complexity index is 865. The number of aryl methyl sites for hydroxylation is 1. The number of hydrogen-bond acceptors (Lipinski definition) is 2. The lowest BCUT2D eigenvalue weighted by atomic mass is 10.0. The van der Waals surface area contributed by atoms with Gasteiger partial charge in [0, 0.05) is 22.1 Å². The van der Waals surface area contributed by atoms with Crippen molar-refractivity contribution in [2.75, 3.05) is 11.9 Å². The Hall–Kier alpha value is -2.07. The normalized spacial score (nSPS) is 13.9. The molecule has 122 valence electrons. The van der Waals surface area contributed by atoms with E-state index in [4.69, 9.17) is 5.10 Å². The van der Waals surface area contributed by atoms with E-state index in [1.807, 2.05) is 0 Å². The van der Waals surface area contributed by atoms with Crippen molar-refractivity contribution in [3.63, 3.8) is 0 Å². The molecule has 24 heavy (non-hydrogen) atoms. The van der Waals surface area contributed by atoms with Crippen molar-refractivity contribution in [3.8, 4) is 16.9 Å². The summed E-state index contributed by atoms with van der Waals surface area (Å²) in [5, 5.41) is 8.59. The molecule has 3 aromatic rings. The van der Waals surface area contributed by atoms with Crippen molar-refractivity contribution in [2.45, 2.75) is 26.2 Å². The highest BCUT2D eigenvalue weighted by Gasteiger charge is 2.21. The second kappa shape index (κ2) is 6.44. The summed E-state index contributed by atoms with van der Waals surface area (Å²) in [6.07, 6.45) is 3.46. The molecule has 1 N–H and O–H groups in total. The van der Waals surface area contributed by atoms with Crippen molar-refractivity contribution in [1.82, 2.24) is 9.78 Å². The lowest BCUT2D eigenvalue weighted by Gasteiger charge is -2.09. The zero-order chi connectivity index (χ0) is 16.5. The SMILES string of the molecule is Cc1cccc(-n2nc(-c3ccc(Br)cc3)c3c2NCCCC3)c1. The number of halogens is 1. The highest BCUT2D eigenvalue weighted by Crippen LogP contribution is 2.34. The van der Waals surface area contributed by atoms with Crippen LogP contribution in [0.2, 0.25) is 0 Å². The van der Waals surface area contributed by atoms with Crippen molar-refractivity contribution < 1.29 is 0 Å². The number of rotatable bonds is 2. The summed E-state index contributed by atoms with van der Waals surface area (Å²) in [5.74, 6) is 1.15. The van der Waals surface area contributed by atoms with Crippen LogP contribution in [-0.2, 0) is 6.42 Å². The summed E-state index contributed by atoms with van der Waals surface area (Å²) < 4.78 is 3.17. The molecule has 1 aromatic heterocycles. The van der Waals surface area contributed by atoms with E-state index in [0.29, 0.717) is 0 Å². The van der Waals surface area contributed by atoms with Crippen LogP contribution in [0.4, 0.5) is 5.82 Å². The lowest BCUT2D eigenvalue weighted by molar-refractivity contribution is 0.780. The van der Waals surface area contributed by atoms with Crippen LogP contribution in [0.25, 0.3) is 16.9 Å². The average Bonchev–Trinajstić information content (AvgIpc) is 2.77. The number of fused-ring (bicyclic) bond motifs is 1. The van der Waals surface area contributed by atoms with E-state index in [2.05, 4.69) is 81.4 Å². The first-order valence-corrected chi connectivity index (χ1v) is 9.20. The van der Waals surface area contributed by atoms with Crippen molar-refractivity contribution in [2.24, 2.45) is 0 Å². The maximum absolute atomic E-state index is 4.98. The van der Waals surface area contributed by atoms with Crippen molar-refractivity contribution >= 4 is 21.7 Å².